The van der Waals surface area contributed by atoms with E-state index in [9.17, 15) is 14.0 Å². The summed E-state index contributed by atoms with van der Waals surface area (Å²) in [6.07, 6.45) is 3.38. The normalized spacial score (nSPS) is 16.5. The molecule has 1 aliphatic heterocycles. The number of hydrogen-bond donors (Lipinski definition) is 0. The summed E-state index contributed by atoms with van der Waals surface area (Å²) in [6, 6.07) is 9.41. The summed E-state index contributed by atoms with van der Waals surface area (Å²) >= 11 is 0. The number of furan rings is 1. The predicted molar refractivity (Wildman–Crippen MR) is 110 cm³/mol. The number of nitrogens with zero attached hydrogens (tertiary/aromatic N) is 2. The van der Waals surface area contributed by atoms with Gasteiger partial charge in [-0.05, 0) is 57.9 Å². The third-order valence-electron chi connectivity index (χ3n) is 5.18. The van der Waals surface area contributed by atoms with Crippen LogP contribution >= 0.6 is 0 Å². The van der Waals surface area contributed by atoms with Gasteiger partial charge >= 0.3 is 0 Å². The summed E-state index contributed by atoms with van der Waals surface area (Å²) in [5, 5.41) is 0. The third-order valence-corrected chi connectivity index (χ3v) is 5.18. The first kappa shape index (κ1) is 22.0. The lowest BCUT2D eigenvalue weighted by molar-refractivity contribution is -0.135. The van der Waals surface area contributed by atoms with E-state index in [0.717, 1.165) is 12.8 Å². The Labute approximate surface area is 176 Å². The van der Waals surface area contributed by atoms with Crippen LogP contribution < -0.4 is 0 Å². The Bertz CT molecular complexity index is 854. The average molecular weight is 416 g/mol. The molecule has 7 heteroatoms. The lowest BCUT2D eigenvalue weighted by atomic mass is 10.0. The van der Waals surface area contributed by atoms with Crippen molar-refractivity contribution >= 4 is 11.8 Å². The van der Waals surface area contributed by atoms with E-state index in [-0.39, 0.29) is 30.7 Å². The van der Waals surface area contributed by atoms with Gasteiger partial charge in [0.15, 0.2) is 0 Å². The second kappa shape index (κ2) is 9.43. The lowest BCUT2D eigenvalue weighted by Crippen LogP contribution is -2.52. The first-order valence-electron chi connectivity index (χ1n) is 10.2. The maximum atomic E-state index is 14.2. The van der Waals surface area contributed by atoms with Gasteiger partial charge in [-0.3, -0.25) is 9.59 Å². The summed E-state index contributed by atoms with van der Waals surface area (Å²) in [7, 11) is 0. The number of amides is 2. The molecule has 3 rings (SSSR count). The van der Waals surface area contributed by atoms with E-state index < -0.39 is 17.3 Å². The molecule has 0 bridgehead atoms. The van der Waals surface area contributed by atoms with Crippen molar-refractivity contribution in [3.63, 3.8) is 0 Å². The zero-order valence-corrected chi connectivity index (χ0v) is 17.8. The van der Waals surface area contributed by atoms with Crippen LogP contribution in [0.3, 0.4) is 0 Å². The molecule has 1 saturated heterocycles. The molecule has 0 spiro atoms. The van der Waals surface area contributed by atoms with Gasteiger partial charge in [-0.15, -0.1) is 0 Å². The highest BCUT2D eigenvalue weighted by Crippen LogP contribution is 2.21. The Morgan fingerprint density at radius 3 is 2.53 bits per heavy atom. The van der Waals surface area contributed by atoms with E-state index >= 15 is 0 Å². The summed E-state index contributed by atoms with van der Waals surface area (Å²) in [5.74, 6) is -0.689. The van der Waals surface area contributed by atoms with E-state index in [2.05, 4.69) is 0 Å². The van der Waals surface area contributed by atoms with Gasteiger partial charge in [-0.1, -0.05) is 12.1 Å². The van der Waals surface area contributed by atoms with Crippen molar-refractivity contribution in [2.45, 2.75) is 51.8 Å². The number of ether oxygens (including phenoxy) is 1. The van der Waals surface area contributed by atoms with Crippen LogP contribution in [0.1, 0.15) is 49.7 Å². The molecule has 2 amide bonds. The van der Waals surface area contributed by atoms with Gasteiger partial charge in [0.1, 0.15) is 18.1 Å². The molecule has 162 valence electrons. The standard InChI is InChI=1S/C23H29FN2O4/c1-23(2,3)26(22(28)19-10-4-5-11-20(19)24)16-21(27)25(14-17-8-6-12-29-17)15-18-9-7-13-30-18/h4-6,8,10-12,18H,7,9,13-16H2,1-3H3. The van der Waals surface area contributed by atoms with Gasteiger partial charge in [-0.2, -0.15) is 0 Å². The Hall–Kier alpha value is -2.67. The fraction of sp³-hybridized carbons (Fsp3) is 0.478. The maximum absolute atomic E-state index is 14.2. The van der Waals surface area contributed by atoms with E-state index in [0.29, 0.717) is 18.9 Å². The van der Waals surface area contributed by atoms with Gasteiger partial charge in [0.05, 0.1) is 24.5 Å². The predicted octanol–water partition coefficient (Wildman–Crippen LogP) is 3.87. The fourth-order valence-electron chi connectivity index (χ4n) is 3.51. The molecule has 0 saturated carbocycles. The average Bonchev–Trinajstić information content (AvgIpc) is 3.38. The smallest absolute Gasteiger partial charge is 0.257 e. The first-order chi connectivity index (χ1) is 14.3. The van der Waals surface area contributed by atoms with Gasteiger partial charge in [0.2, 0.25) is 5.91 Å². The van der Waals surface area contributed by atoms with Crippen molar-refractivity contribution in [3.8, 4) is 0 Å². The molecule has 1 fully saturated rings. The summed E-state index contributed by atoms with van der Waals surface area (Å²) in [6.45, 7) is 6.72. The Morgan fingerprint density at radius 2 is 1.93 bits per heavy atom. The maximum Gasteiger partial charge on any atom is 0.257 e. The molecule has 0 N–H and O–H groups in total. The van der Waals surface area contributed by atoms with Crippen LogP contribution in [0.25, 0.3) is 0 Å². The summed E-state index contributed by atoms with van der Waals surface area (Å²) in [4.78, 5) is 29.5. The highest BCUT2D eigenvalue weighted by Gasteiger charge is 2.33. The van der Waals surface area contributed by atoms with Crippen molar-refractivity contribution in [1.82, 2.24) is 9.80 Å². The van der Waals surface area contributed by atoms with Crippen molar-refractivity contribution in [1.29, 1.82) is 0 Å². The van der Waals surface area contributed by atoms with Crippen LogP contribution in [0.2, 0.25) is 0 Å². The number of benzene rings is 1. The van der Waals surface area contributed by atoms with Crippen LogP contribution in [-0.2, 0) is 16.1 Å². The van der Waals surface area contributed by atoms with Crippen molar-refractivity contribution < 1.29 is 23.1 Å². The molecule has 1 aromatic carbocycles. The number of halogens is 1. The third kappa shape index (κ3) is 5.48. The lowest BCUT2D eigenvalue weighted by Gasteiger charge is -2.37. The molecule has 1 atom stereocenters. The van der Waals surface area contributed by atoms with E-state index in [4.69, 9.17) is 9.15 Å². The topological polar surface area (TPSA) is 63.0 Å². The van der Waals surface area contributed by atoms with E-state index in [1.54, 1.807) is 23.3 Å². The van der Waals surface area contributed by atoms with Crippen molar-refractivity contribution in [3.05, 3.63) is 59.8 Å². The highest BCUT2D eigenvalue weighted by atomic mass is 19.1. The van der Waals surface area contributed by atoms with Gasteiger partial charge in [0, 0.05) is 18.7 Å². The van der Waals surface area contributed by atoms with Crippen LogP contribution in [-0.4, -0.2) is 53.0 Å². The molecular weight excluding hydrogens is 387 g/mol. The minimum Gasteiger partial charge on any atom is -0.467 e. The zero-order valence-electron chi connectivity index (χ0n) is 17.8. The largest absolute Gasteiger partial charge is 0.467 e. The fourth-order valence-corrected chi connectivity index (χ4v) is 3.51. The second-order valence-corrected chi connectivity index (χ2v) is 8.53. The highest BCUT2D eigenvalue weighted by molar-refractivity contribution is 5.97. The molecule has 0 radical (unpaired) electrons. The summed E-state index contributed by atoms with van der Waals surface area (Å²) < 4.78 is 25.4. The quantitative estimate of drug-likeness (QED) is 0.688. The zero-order chi connectivity index (χ0) is 21.7. The van der Waals surface area contributed by atoms with Gasteiger partial charge in [-0.25, -0.2) is 4.39 Å². The molecule has 0 aliphatic carbocycles. The molecule has 1 aromatic heterocycles. The van der Waals surface area contributed by atoms with Gasteiger partial charge < -0.3 is 19.0 Å². The molecule has 2 heterocycles. The van der Waals surface area contributed by atoms with Crippen molar-refractivity contribution in [2.24, 2.45) is 0 Å². The SMILES string of the molecule is CC(C)(C)N(CC(=O)N(Cc1ccco1)CC1CCCO1)C(=O)c1ccccc1F. The molecule has 1 aliphatic rings. The Morgan fingerprint density at radius 1 is 1.17 bits per heavy atom. The molecule has 2 aromatic rings. The number of hydrogen-bond acceptors (Lipinski definition) is 4. The monoisotopic (exact) mass is 416 g/mol. The Balaban J connectivity index is 1.80. The number of carbonyl (C=O) groups is 2. The van der Waals surface area contributed by atoms with Crippen LogP contribution in [0.15, 0.2) is 47.1 Å². The minimum atomic E-state index is -0.671. The molecule has 6 nitrogen and oxygen atoms in total. The number of carbonyl (C=O) groups excluding carboxylic acids is 2. The van der Waals surface area contributed by atoms with E-state index in [1.807, 2.05) is 26.8 Å². The molecule has 30 heavy (non-hydrogen) atoms. The summed E-state index contributed by atoms with van der Waals surface area (Å²) in [5.41, 5.74) is -0.716. The van der Waals surface area contributed by atoms with E-state index in [1.165, 1.54) is 23.1 Å². The first-order valence-corrected chi connectivity index (χ1v) is 10.2. The number of rotatable bonds is 7. The molecule has 1 unspecified atom stereocenters. The van der Waals surface area contributed by atoms with Crippen LogP contribution in [0.4, 0.5) is 4.39 Å². The minimum absolute atomic E-state index is 0.0331. The molecular formula is C23H29FN2O4. The van der Waals surface area contributed by atoms with Crippen LogP contribution in [0, 0.1) is 5.82 Å². The van der Waals surface area contributed by atoms with Gasteiger partial charge in [0.25, 0.3) is 5.91 Å². The second-order valence-electron chi connectivity index (χ2n) is 8.53. The van der Waals surface area contributed by atoms with Crippen LogP contribution in [0.5, 0.6) is 0 Å². The Kier molecular flexibility index (Phi) is 6.92. The van der Waals surface area contributed by atoms with Crippen molar-refractivity contribution in [2.75, 3.05) is 19.7 Å².